The summed E-state index contributed by atoms with van der Waals surface area (Å²) in [6.07, 6.45) is 2.51. The van der Waals surface area contributed by atoms with E-state index in [1.807, 2.05) is 35.2 Å². The highest BCUT2D eigenvalue weighted by Crippen LogP contribution is 2.30. The summed E-state index contributed by atoms with van der Waals surface area (Å²) >= 11 is 0. The molecule has 110 valence electrons. The second-order valence-corrected chi connectivity index (χ2v) is 6.43. The van der Waals surface area contributed by atoms with Crippen LogP contribution in [0.1, 0.15) is 23.3 Å². The van der Waals surface area contributed by atoms with Gasteiger partial charge >= 0.3 is 0 Å². The van der Waals surface area contributed by atoms with Gasteiger partial charge in [0.25, 0.3) is 5.91 Å². The van der Waals surface area contributed by atoms with Gasteiger partial charge < -0.3 is 14.8 Å². The van der Waals surface area contributed by atoms with Crippen molar-refractivity contribution in [2.75, 3.05) is 26.7 Å². The highest BCUT2D eigenvalue weighted by atomic mass is 16.2. The van der Waals surface area contributed by atoms with E-state index in [9.17, 15) is 4.79 Å². The number of benzene rings is 1. The summed E-state index contributed by atoms with van der Waals surface area (Å²) < 4.78 is 0. The molecule has 1 aromatic heterocycles. The molecule has 1 aromatic carbocycles. The number of hydrogen-bond donors (Lipinski definition) is 1. The number of para-hydroxylation sites is 1. The third-order valence-electron chi connectivity index (χ3n) is 5.11. The molecule has 4 rings (SSSR count). The van der Waals surface area contributed by atoms with Crippen molar-refractivity contribution >= 4 is 16.8 Å². The van der Waals surface area contributed by atoms with Gasteiger partial charge in [-0.15, -0.1) is 0 Å². The Bertz CT molecular complexity index is 644. The van der Waals surface area contributed by atoms with Gasteiger partial charge in [-0.2, -0.15) is 0 Å². The lowest BCUT2D eigenvalue weighted by Crippen LogP contribution is -2.42. The number of likely N-dealkylation sites (tertiary alicyclic amines) is 2. The first-order valence-corrected chi connectivity index (χ1v) is 7.79. The molecule has 2 saturated heterocycles. The van der Waals surface area contributed by atoms with Gasteiger partial charge in [0, 0.05) is 30.0 Å². The zero-order valence-electron chi connectivity index (χ0n) is 12.4. The average Bonchev–Trinajstić information content (AvgIpc) is 3.11. The predicted molar refractivity (Wildman–Crippen MR) is 83.3 cm³/mol. The lowest BCUT2D eigenvalue weighted by molar-refractivity contribution is 0.0776. The average molecular weight is 283 g/mol. The fourth-order valence-electron chi connectivity index (χ4n) is 3.93. The number of aromatic nitrogens is 1. The van der Waals surface area contributed by atoms with Crippen molar-refractivity contribution < 1.29 is 4.79 Å². The van der Waals surface area contributed by atoms with Gasteiger partial charge in [-0.3, -0.25) is 4.79 Å². The molecule has 2 aliphatic heterocycles. The highest BCUT2D eigenvalue weighted by Gasteiger charge is 2.39. The molecule has 2 unspecified atom stereocenters. The first-order valence-electron chi connectivity index (χ1n) is 7.79. The Morgan fingerprint density at radius 1 is 1.29 bits per heavy atom. The van der Waals surface area contributed by atoms with E-state index >= 15 is 0 Å². The zero-order valence-corrected chi connectivity index (χ0v) is 12.4. The van der Waals surface area contributed by atoms with Crippen LogP contribution in [-0.4, -0.2) is 53.4 Å². The van der Waals surface area contributed by atoms with E-state index in [4.69, 9.17) is 0 Å². The first-order chi connectivity index (χ1) is 10.2. The topological polar surface area (TPSA) is 39.3 Å². The van der Waals surface area contributed by atoms with E-state index in [1.165, 1.54) is 12.8 Å². The maximum atomic E-state index is 12.7. The second-order valence-electron chi connectivity index (χ2n) is 6.43. The maximum absolute atomic E-state index is 12.7. The summed E-state index contributed by atoms with van der Waals surface area (Å²) in [5.74, 6) is 0.797. The van der Waals surface area contributed by atoms with Crippen LogP contribution >= 0.6 is 0 Å². The molecule has 0 spiro atoms. The number of rotatable bonds is 1. The van der Waals surface area contributed by atoms with Crippen LogP contribution in [0.25, 0.3) is 10.9 Å². The van der Waals surface area contributed by atoms with Crippen LogP contribution in [-0.2, 0) is 0 Å². The molecule has 2 atom stereocenters. The van der Waals surface area contributed by atoms with Crippen LogP contribution < -0.4 is 0 Å². The van der Waals surface area contributed by atoms with Crippen molar-refractivity contribution in [2.24, 2.45) is 5.92 Å². The number of H-pyrrole nitrogens is 1. The van der Waals surface area contributed by atoms with E-state index in [1.54, 1.807) is 0 Å². The van der Waals surface area contributed by atoms with Gasteiger partial charge in [0.2, 0.25) is 0 Å². The Morgan fingerprint density at radius 3 is 2.95 bits per heavy atom. The molecule has 2 aliphatic rings. The van der Waals surface area contributed by atoms with E-state index in [0.717, 1.165) is 36.2 Å². The quantitative estimate of drug-likeness (QED) is 0.872. The van der Waals surface area contributed by atoms with Crippen molar-refractivity contribution in [3.63, 3.8) is 0 Å². The van der Waals surface area contributed by atoms with E-state index in [-0.39, 0.29) is 5.91 Å². The number of carbonyl (C=O) groups excluding carboxylic acids is 1. The Hall–Kier alpha value is -1.81. The number of carbonyl (C=O) groups is 1. The molecule has 4 heteroatoms. The SMILES string of the molecule is CN1CCCC2CN(C(=O)c3cc4ccccc4[nH]3)CC21. The number of amides is 1. The van der Waals surface area contributed by atoms with E-state index in [2.05, 4.69) is 16.9 Å². The van der Waals surface area contributed by atoms with Gasteiger partial charge in [0.1, 0.15) is 5.69 Å². The summed E-state index contributed by atoms with van der Waals surface area (Å²) in [7, 11) is 2.19. The van der Waals surface area contributed by atoms with Crippen LogP contribution in [0.15, 0.2) is 30.3 Å². The van der Waals surface area contributed by atoms with Crippen molar-refractivity contribution in [1.82, 2.24) is 14.8 Å². The van der Waals surface area contributed by atoms with Crippen LogP contribution in [0.3, 0.4) is 0 Å². The van der Waals surface area contributed by atoms with Crippen molar-refractivity contribution in [1.29, 1.82) is 0 Å². The Kier molecular flexibility index (Phi) is 3.00. The van der Waals surface area contributed by atoms with Gasteiger partial charge in [-0.05, 0) is 44.5 Å². The largest absolute Gasteiger partial charge is 0.351 e. The van der Waals surface area contributed by atoms with Gasteiger partial charge in [-0.25, -0.2) is 0 Å². The van der Waals surface area contributed by atoms with Gasteiger partial charge in [0.15, 0.2) is 0 Å². The predicted octanol–water partition coefficient (Wildman–Crippen LogP) is 2.33. The minimum atomic E-state index is 0.147. The molecule has 21 heavy (non-hydrogen) atoms. The smallest absolute Gasteiger partial charge is 0.270 e. The molecule has 2 fully saturated rings. The number of likely N-dealkylation sites (N-methyl/N-ethyl adjacent to an activating group) is 1. The number of nitrogens with zero attached hydrogens (tertiary/aromatic N) is 2. The zero-order chi connectivity index (χ0) is 14.4. The van der Waals surface area contributed by atoms with Crippen molar-refractivity contribution in [3.05, 3.63) is 36.0 Å². The molecule has 2 aromatic rings. The van der Waals surface area contributed by atoms with Crippen molar-refractivity contribution in [2.45, 2.75) is 18.9 Å². The number of piperidine rings is 1. The number of aromatic amines is 1. The molecular formula is C17H21N3O. The molecule has 4 nitrogen and oxygen atoms in total. The maximum Gasteiger partial charge on any atom is 0.270 e. The summed E-state index contributed by atoms with van der Waals surface area (Å²) in [6.45, 7) is 2.94. The second kappa shape index (κ2) is 4.88. The Labute approximate surface area is 124 Å². The van der Waals surface area contributed by atoms with E-state index in [0.29, 0.717) is 12.0 Å². The monoisotopic (exact) mass is 283 g/mol. The molecule has 0 bridgehead atoms. The van der Waals surface area contributed by atoms with E-state index < -0.39 is 0 Å². The first kappa shape index (κ1) is 12.9. The lowest BCUT2D eigenvalue weighted by atomic mass is 9.93. The Morgan fingerprint density at radius 2 is 2.14 bits per heavy atom. The highest BCUT2D eigenvalue weighted by molar-refractivity contribution is 5.98. The summed E-state index contributed by atoms with van der Waals surface area (Å²) in [6, 6.07) is 10.6. The fraction of sp³-hybridized carbons (Fsp3) is 0.471. The third-order valence-corrected chi connectivity index (χ3v) is 5.11. The molecule has 1 amide bonds. The van der Waals surface area contributed by atoms with Gasteiger partial charge in [0.05, 0.1) is 0 Å². The molecule has 0 aliphatic carbocycles. The van der Waals surface area contributed by atoms with Crippen LogP contribution in [0, 0.1) is 5.92 Å². The summed E-state index contributed by atoms with van der Waals surface area (Å²) in [4.78, 5) is 20.5. The lowest BCUT2D eigenvalue weighted by Gasteiger charge is -2.33. The number of hydrogen-bond acceptors (Lipinski definition) is 2. The standard InChI is InChI=1S/C17H21N3O/c1-19-8-4-6-13-10-20(11-16(13)19)17(21)15-9-12-5-2-3-7-14(12)18-15/h2-3,5,7,9,13,16,18H,4,6,8,10-11H2,1H3. The Balaban J connectivity index is 1.57. The molecular weight excluding hydrogens is 262 g/mol. The van der Waals surface area contributed by atoms with Crippen LogP contribution in [0.2, 0.25) is 0 Å². The summed E-state index contributed by atoms with van der Waals surface area (Å²) in [5, 5.41) is 1.11. The fourth-order valence-corrected chi connectivity index (χ4v) is 3.93. The molecule has 0 saturated carbocycles. The number of fused-ring (bicyclic) bond motifs is 2. The summed E-state index contributed by atoms with van der Waals surface area (Å²) in [5.41, 5.74) is 1.76. The van der Waals surface area contributed by atoms with Crippen LogP contribution in [0.4, 0.5) is 0 Å². The molecule has 1 N–H and O–H groups in total. The van der Waals surface area contributed by atoms with Crippen LogP contribution in [0.5, 0.6) is 0 Å². The molecule has 0 radical (unpaired) electrons. The minimum Gasteiger partial charge on any atom is -0.351 e. The molecule has 3 heterocycles. The van der Waals surface area contributed by atoms with Crippen molar-refractivity contribution in [3.8, 4) is 0 Å². The third kappa shape index (κ3) is 2.14. The van der Waals surface area contributed by atoms with Gasteiger partial charge in [-0.1, -0.05) is 18.2 Å². The normalized spacial score (nSPS) is 26.2. The minimum absolute atomic E-state index is 0.147. The number of nitrogens with one attached hydrogen (secondary N) is 1.